The number of unbranched alkanes of at least 4 members (excludes halogenated alkanes) is 2. The zero-order chi connectivity index (χ0) is 11.2. The van der Waals surface area contributed by atoms with E-state index in [0.29, 0.717) is 19.3 Å². The molecule has 0 spiro atoms. The van der Waals surface area contributed by atoms with Crippen molar-refractivity contribution in [3.05, 3.63) is 0 Å². The molecule has 0 heterocycles. The lowest BCUT2D eigenvalue weighted by molar-refractivity contribution is 0.384. The molecule has 4 nitrogen and oxygen atoms in total. The normalized spacial score (nSPS) is 16.6. The van der Waals surface area contributed by atoms with Gasteiger partial charge in [0.2, 0.25) is 0 Å². The Morgan fingerprint density at radius 2 is 1.71 bits per heavy atom. The van der Waals surface area contributed by atoms with E-state index in [1.54, 1.807) is 0 Å². The third-order valence-corrected chi connectivity index (χ3v) is 3.83. The van der Waals surface area contributed by atoms with Crippen molar-refractivity contribution in [2.24, 2.45) is 5.73 Å². The first-order valence-electron chi connectivity index (χ1n) is 5.13. The molecule has 0 amide bonds. The van der Waals surface area contributed by atoms with Gasteiger partial charge in [-0.1, -0.05) is 39.5 Å². The predicted octanol–water partition coefficient (Wildman–Crippen LogP) is 1.91. The average Bonchev–Trinajstić information content (AvgIpc) is 2.03. The van der Waals surface area contributed by atoms with Gasteiger partial charge in [-0.2, -0.15) is 8.42 Å². The van der Waals surface area contributed by atoms with E-state index >= 15 is 0 Å². The maximum Gasteiger partial charge on any atom is 0.283 e. The van der Waals surface area contributed by atoms with E-state index in [0.717, 1.165) is 19.3 Å². The van der Waals surface area contributed by atoms with Crippen LogP contribution in [-0.2, 0) is 10.1 Å². The smallest absolute Gasteiger partial charge is 0.283 e. The molecule has 0 aliphatic carbocycles. The van der Waals surface area contributed by atoms with Crippen LogP contribution in [0.2, 0.25) is 0 Å². The Morgan fingerprint density at radius 1 is 1.14 bits per heavy atom. The molecule has 1 unspecified atom stereocenters. The molecule has 86 valence electrons. The fourth-order valence-corrected chi connectivity index (χ4v) is 2.34. The Morgan fingerprint density at radius 3 is 2.07 bits per heavy atom. The lowest BCUT2D eigenvalue weighted by Gasteiger charge is -2.25. The fraction of sp³-hybridized carbons (Fsp3) is 1.00. The first kappa shape index (κ1) is 13.9. The summed E-state index contributed by atoms with van der Waals surface area (Å²) in [5, 5.41) is 0. The second kappa shape index (κ2) is 5.68. The van der Waals surface area contributed by atoms with Crippen LogP contribution in [0.4, 0.5) is 0 Å². The number of rotatable bonds is 7. The van der Waals surface area contributed by atoms with Crippen molar-refractivity contribution in [2.45, 2.75) is 57.2 Å². The predicted molar refractivity (Wildman–Crippen MR) is 57.5 cm³/mol. The minimum atomic E-state index is -4.13. The molecule has 0 rings (SSSR count). The van der Waals surface area contributed by atoms with Crippen molar-refractivity contribution in [2.75, 3.05) is 0 Å². The SMILES string of the molecule is CCCCCC(N)(CCC)S(=O)(=O)O. The summed E-state index contributed by atoms with van der Waals surface area (Å²) < 4.78 is 31.2. The van der Waals surface area contributed by atoms with Gasteiger partial charge >= 0.3 is 0 Å². The summed E-state index contributed by atoms with van der Waals surface area (Å²) in [5.74, 6) is 0. The second-order valence-corrected chi connectivity index (χ2v) is 5.51. The number of hydrogen-bond donors (Lipinski definition) is 2. The highest BCUT2D eigenvalue weighted by atomic mass is 32.2. The van der Waals surface area contributed by atoms with Crippen LogP contribution in [0, 0.1) is 0 Å². The van der Waals surface area contributed by atoms with E-state index in [-0.39, 0.29) is 0 Å². The van der Waals surface area contributed by atoms with Crippen LogP contribution in [0.1, 0.15) is 52.4 Å². The summed E-state index contributed by atoms with van der Waals surface area (Å²) in [6.45, 7) is 3.89. The van der Waals surface area contributed by atoms with E-state index < -0.39 is 15.0 Å². The third kappa shape index (κ3) is 3.94. The maximum atomic E-state index is 11.1. The molecule has 0 aliphatic rings. The van der Waals surface area contributed by atoms with Gasteiger partial charge in [-0.25, -0.2) is 0 Å². The molecule has 1 atom stereocenters. The van der Waals surface area contributed by atoms with Gasteiger partial charge in [0.05, 0.1) is 0 Å². The summed E-state index contributed by atoms with van der Waals surface area (Å²) in [6.07, 6.45) is 4.00. The molecule has 0 bridgehead atoms. The van der Waals surface area contributed by atoms with Gasteiger partial charge in [0.25, 0.3) is 10.1 Å². The molecule has 0 fully saturated rings. The van der Waals surface area contributed by atoms with E-state index in [2.05, 4.69) is 0 Å². The van der Waals surface area contributed by atoms with Gasteiger partial charge in [-0.15, -0.1) is 0 Å². The van der Waals surface area contributed by atoms with Crippen molar-refractivity contribution in [3.8, 4) is 0 Å². The molecular weight excluding hydrogens is 202 g/mol. The van der Waals surface area contributed by atoms with Crippen molar-refractivity contribution in [1.82, 2.24) is 0 Å². The molecule has 0 aliphatic heterocycles. The molecular formula is C9H21NO3S. The minimum Gasteiger partial charge on any atom is -0.311 e. The second-order valence-electron chi connectivity index (χ2n) is 3.75. The van der Waals surface area contributed by atoms with Crippen molar-refractivity contribution in [3.63, 3.8) is 0 Å². The monoisotopic (exact) mass is 223 g/mol. The summed E-state index contributed by atoms with van der Waals surface area (Å²) in [6, 6.07) is 0. The minimum absolute atomic E-state index is 0.315. The highest BCUT2D eigenvalue weighted by molar-refractivity contribution is 7.87. The zero-order valence-electron chi connectivity index (χ0n) is 8.99. The third-order valence-electron chi connectivity index (χ3n) is 2.39. The van der Waals surface area contributed by atoms with Crippen LogP contribution >= 0.6 is 0 Å². The molecule has 0 aromatic carbocycles. The van der Waals surface area contributed by atoms with Crippen LogP contribution in [-0.4, -0.2) is 17.8 Å². The molecule has 0 saturated carbocycles. The topological polar surface area (TPSA) is 80.4 Å². The first-order valence-corrected chi connectivity index (χ1v) is 6.57. The van der Waals surface area contributed by atoms with Crippen molar-refractivity contribution >= 4 is 10.1 Å². The molecule has 14 heavy (non-hydrogen) atoms. The molecule has 0 radical (unpaired) electrons. The molecule has 0 aromatic rings. The molecule has 3 N–H and O–H groups in total. The Kier molecular flexibility index (Phi) is 5.63. The Hall–Kier alpha value is -0.130. The standard InChI is InChI=1S/C9H21NO3S/c1-3-5-6-8-9(10,7-4-2)14(11,12)13/h3-8,10H2,1-2H3,(H,11,12,13). The quantitative estimate of drug-likeness (QED) is 0.510. The van der Waals surface area contributed by atoms with Crippen molar-refractivity contribution in [1.29, 1.82) is 0 Å². The maximum absolute atomic E-state index is 11.1. The van der Waals surface area contributed by atoms with Crippen LogP contribution in [0.5, 0.6) is 0 Å². The summed E-state index contributed by atoms with van der Waals surface area (Å²) in [4.78, 5) is -1.43. The lowest BCUT2D eigenvalue weighted by Crippen LogP contribution is -2.47. The van der Waals surface area contributed by atoms with Crippen molar-refractivity contribution < 1.29 is 13.0 Å². The molecule has 5 heteroatoms. The Labute approximate surface area is 86.6 Å². The van der Waals surface area contributed by atoms with Gasteiger partial charge < -0.3 is 5.73 Å². The van der Waals surface area contributed by atoms with E-state index in [1.165, 1.54) is 0 Å². The van der Waals surface area contributed by atoms with Crippen LogP contribution in [0.25, 0.3) is 0 Å². The average molecular weight is 223 g/mol. The summed E-state index contributed by atoms with van der Waals surface area (Å²) in [7, 11) is -4.13. The zero-order valence-corrected chi connectivity index (χ0v) is 9.81. The van der Waals surface area contributed by atoms with Gasteiger partial charge in [0, 0.05) is 0 Å². The molecule has 0 aromatic heterocycles. The van der Waals surface area contributed by atoms with Gasteiger partial charge in [-0.3, -0.25) is 4.55 Å². The van der Waals surface area contributed by atoms with E-state index in [4.69, 9.17) is 10.3 Å². The molecule has 0 saturated heterocycles. The summed E-state index contributed by atoms with van der Waals surface area (Å²) in [5.41, 5.74) is 5.69. The number of nitrogens with two attached hydrogens (primary N) is 1. The summed E-state index contributed by atoms with van der Waals surface area (Å²) >= 11 is 0. The first-order chi connectivity index (χ1) is 6.37. The van der Waals surface area contributed by atoms with Crippen LogP contribution < -0.4 is 5.73 Å². The van der Waals surface area contributed by atoms with Gasteiger partial charge in [-0.05, 0) is 12.8 Å². The van der Waals surface area contributed by atoms with Gasteiger partial charge in [0.15, 0.2) is 0 Å². The largest absolute Gasteiger partial charge is 0.311 e. The highest BCUT2D eigenvalue weighted by Crippen LogP contribution is 2.23. The number of hydrogen-bond acceptors (Lipinski definition) is 3. The van der Waals surface area contributed by atoms with Gasteiger partial charge in [0.1, 0.15) is 4.87 Å². The van der Waals surface area contributed by atoms with Crippen LogP contribution in [0.3, 0.4) is 0 Å². The Balaban J connectivity index is 4.41. The van der Waals surface area contributed by atoms with E-state index in [1.807, 2.05) is 13.8 Å². The highest BCUT2D eigenvalue weighted by Gasteiger charge is 2.36. The van der Waals surface area contributed by atoms with Crippen LogP contribution in [0.15, 0.2) is 0 Å². The fourth-order valence-electron chi connectivity index (χ4n) is 1.48. The van der Waals surface area contributed by atoms with E-state index in [9.17, 15) is 8.42 Å². The Bertz CT molecular complexity index is 251. The lowest BCUT2D eigenvalue weighted by atomic mass is 10.0.